The van der Waals surface area contributed by atoms with Gasteiger partial charge in [0, 0.05) is 24.7 Å². The predicted molar refractivity (Wildman–Crippen MR) is 56.2 cm³/mol. The molecule has 0 saturated carbocycles. The van der Waals surface area contributed by atoms with Crippen molar-refractivity contribution in [3.63, 3.8) is 0 Å². The maximum atomic E-state index is 11.4. The average Bonchev–Trinajstić information content (AvgIpc) is 2.25. The Balaban J connectivity index is 2.73. The van der Waals surface area contributed by atoms with Crippen LogP contribution in [0.2, 0.25) is 0 Å². The van der Waals surface area contributed by atoms with Gasteiger partial charge in [0.1, 0.15) is 0 Å². The number of aromatic nitrogens is 1. The van der Waals surface area contributed by atoms with Gasteiger partial charge in [-0.25, -0.2) is 0 Å². The van der Waals surface area contributed by atoms with E-state index in [1.807, 2.05) is 19.9 Å². The first-order valence-electron chi connectivity index (χ1n) is 4.96. The van der Waals surface area contributed by atoms with Crippen LogP contribution in [0, 0.1) is 0 Å². The normalized spacial score (nSPS) is 10.1. The van der Waals surface area contributed by atoms with Crippen LogP contribution < -0.4 is 5.32 Å². The Morgan fingerprint density at radius 2 is 2.29 bits per heavy atom. The molecule has 0 unspecified atom stereocenters. The highest BCUT2D eigenvalue weighted by Crippen LogP contribution is 2.04. The maximum absolute atomic E-state index is 11.4. The van der Waals surface area contributed by atoms with Crippen LogP contribution in [0.4, 0.5) is 0 Å². The molecular formula is C11H16N2O. The van der Waals surface area contributed by atoms with Gasteiger partial charge in [0.2, 0.25) is 0 Å². The smallest absolute Gasteiger partial charge is 0.162 e. The van der Waals surface area contributed by atoms with Gasteiger partial charge in [-0.15, -0.1) is 0 Å². The Morgan fingerprint density at radius 3 is 2.93 bits per heavy atom. The number of hydrogen-bond donors (Lipinski definition) is 1. The minimum atomic E-state index is 0.171. The fraction of sp³-hybridized carbons (Fsp3) is 0.455. The molecule has 0 bridgehead atoms. The minimum absolute atomic E-state index is 0.171. The van der Waals surface area contributed by atoms with Gasteiger partial charge in [0.05, 0.1) is 5.69 Å². The van der Waals surface area contributed by atoms with Crippen LogP contribution in [0.3, 0.4) is 0 Å². The first-order valence-corrected chi connectivity index (χ1v) is 4.96. The first kappa shape index (κ1) is 10.9. The summed E-state index contributed by atoms with van der Waals surface area (Å²) >= 11 is 0. The van der Waals surface area contributed by atoms with Crippen LogP contribution in [-0.2, 0) is 6.54 Å². The molecule has 1 N–H and O–H groups in total. The van der Waals surface area contributed by atoms with Gasteiger partial charge in [-0.1, -0.05) is 13.8 Å². The lowest BCUT2D eigenvalue weighted by Crippen LogP contribution is -2.13. The summed E-state index contributed by atoms with van der Waals surface area (Å²) in [5.74, 6) is 0.171. The molecular weight excluding hydrogens is 176 g/mol. The summed E-state index contributed by atoms with van der Waals surface area (Å²) in [6.07, 6.45) is 2.24. The monoisotopic (exact) mass is 192 g/mol. The molecule has 0 radical (unpaired) electrons. The van der Waals surface area contributed by atoms with Crippen molar-refractivity contribution in [2.24, 2.45) is 0 Å². The van der Waals surface area contributed by atoms with Crippen LogP contribution in [0.25, 0.3) is 0 Å². The van der Waals surface area contributed by atoms with Crippen molar-refractivity contribution >= 4 is 5.78 Å². The zero-order chi connectivity index (χ0) is 10.4. The largest absolute Gasteiger partial charge is 0.311 e. The number of nitrogens with one attached hydrogen (secondary N) is 1. The quantitative estimate of drug-likeness (QED) is 0.723. The fourth-order valence-corrected chi connectivity index (χ4v) is 1.21. The molecule has 0 aromatic carbocycles. The highest BCUT2D eigenvalue weighted by molar-refractivity contribution is 5.95. The van der Waals surface area contributed by atoms with E-state index < -0.39 is 0 Å². The lowest BCUT2D eigenvalue weighted by molar-refractivity contribution is 0.0988. The van der Waals surface area contributed by atoms with E-state index in [0.29, 0.717) is 6.42 Å². The number of hydrogen-bond acceptors (Lipinski definition) is 3. The molecule has 1 rings (SSSR count). The summed E-state index contributed by atoms with van der Waals surface area (Å²) in [6, 6.07) is 3.62. The van der Waals surface area contributed by atoms with Crippen LogP contribution in [0.5, 0.6) is 0 Å². The number of rotatable bonds is 5. The number of ketones is 1. The lowest BCUT2D eigenvalue weighted by atomic mass is 10.1. The number of nitrogens with zero attached hydrogens (tertiary/aromatic N) is 1. The molecule has 0 aliphatic heterocycles. The molecule has 3 heteroatoms. The predicted octanol–water partition coefficient (Wildman–Crippen LogP) is 1.78. The van der Waals surface area contributed by atoms with Gasteiger partial charge in [-0.05, 0) is 18.7 Å². The first-order chi connectivity index (χ1) is 6.77. The number of Topliss-reactive ketones (excluding diaryl/α,β-unsaturated/α-hetero) is 1. The van der Waals surface area contributed by atoms with Crippen molar-refractivity contribution in [1.82, 2.24) is 10.3 Å². The Bertz CT molecular complexity index is 310. The Kier molecular flexibility index (Phi) is 4.26. The molecule has 14 heavy (non-hydrogen) atoms. The van der Waals surface area contributed by atoms with Crippen molar-refractivity contribution in [2.45, 2.75) is 26.8 Å². The summed E-state index contributed by atoms with van der Waals surface area (Å²) in [4.78, 5) is 15.6. The Labute approximate surface area is 84.6 Å². The van der Waals surface area contributed by atoms with Crippen LogP contribution in [0.15, 0.2) is 18.3 Å². The molecule has 0 amide bonds. The molecule has 0 atom stereocenters. The molecule has 0 fully saturated rings. The standard InChI is InChI=1S/C11H16N2O/c1-3-11(14)9-5-6-13-10(7-9)8-12-4-2/h5-7,12H,3-4,8H2,1-2H3. The van der Waals surface area contributed by atoms with E-state index in [0.717, 1.165) is 24.3 Å². The van der Waals surface area contributed by atoms with Gasteiger partial charge in [-0.3, -0.25) is 9.78 Å². The van der Waals surface area contributed by atoms with E-state index in [4.69, 9.17) is 0 Å². The van der Waals surface area contributed by atoms with Gasteiger partial charge in [0.25, 0.3) is 0 Å². The lowest BCUT2D eigenvalue weighted by Gasteiger charge is -2.03. The zero-order valence-electron chi connectivity index (χ0n) is 8.71. The third kappa shape index (κ3) is 2.92. The van der Waals surface area contributed by atoms with E-state index >= 15 is 0 Å². The van der Waals surface area contributed by atoms with Gasteiger partial charge in [0.15, 0.2) is 5.78 Å². The molecule has 1 aromatic heterocycles. The highest BCUT2D eigenvalue weighted by atomic mass is 16.1. The van der Waals surface area contributed by atoms with E-state index in [1.165, 1.54) is 0 Å². The van der Waals surface area contributed by atoms with Crippen molar-refractivity contribution in [3.8, 4) is 0 Å². The summed E-state index contributed by atoms with van der Waals surface area (Å²) in [5, 5.41) is 3.17. The van der Waals surface area contributed by atoms with E-state index in [9.17, 15) is 4.79 Å². The van der Waals surface area contributed by atoms with Crippen LogP contribution in [0.1, 0.15) is 36.3 Å². The van der Waals surface area contributed by atoms with E-state index in [2.05, 4.69) is 10.3 Å². The number of carbonyl (C=O) groups excluding carboxylic acids is 1. The van der Waals surface area contributed by atoms with Crippen molar-refractivity contribution in [3.05, 3.63) is 29.6 Å². The van der Waals surface area contributed by atoms with Gasteiger partial charge >= 0.3 is 0 Å². The van der Waals surface area contributed by atoms with Crippen molar-refractivity contribution < 1.29 is 4.79 Å². The fourth-order valence-electron chi connectivity index (χ4n) is 1.21. The molecule has 1 aromatic rings. The molecule has 76 valence electrons. The maximum Gasteiger partial charge on any atom is 0.162 e. The third-order valence-corrected chi connectivity index (χ3v) is 2.02. The summed E-state index contributed by atoms with van der Waals surface area (Å²) < 4.78 is 0. The van der Waals surface area contributed by atoms with Crippen molar-refractivity contribution in [2.75, 3.05) is 6.54 Å². The molecule has 0 spiro atoms. The average molecular weight is 192 g/mol. The molecule has 1 heterocycles. The summed E-state index contributed by atoms with van der Waals surface area (Å²) in [5.41, 5.74) is 1.68. The molecule has 3 nitrogen and oxygen atoms in total. The summed E-state index contributed by atoms with van der Waals surface area (Å²) in [6.45, 7) is 5.54. The SMILES string of the molecule is CCNCc1cc(C(=O)CC)ccn1. The Morgan fingerprint density at radius 1 is 1.50 bits per heavy atom. The number of carbonyl (C=O) groups is 1. The molecule has 0 aliphatic rings. The highest BCUT2D eigenvalue weighted by Gasteiger charge is 2.03. The van der Waals surface area contributed by atoms with Crippen LogP contribution in [-0.4, -0.2) is 17.3 Å². The molecule has 0 saturated heterocycles. The van der Waals surface area contributed by atoms with Gasteiger partial charge < -0.3 is 5.32 Å². The second-order valence-electron chi connectivity index (χ2n) is 3.09. The topological polar surface area (TPSA) is 42.0 Å². The van der Waals surface area contributed by atoms with Crippen molar-refractivity contribution in [1.29, 1.82) is 0 Å². The van der Waals surface area contributed by atoms with E-state index in [1.54, 1.807) is 12.3 Å². The molecule has 0 aliphatic carbocycles. The Hall–Kier alpha value is -1.22. The van der Waals surface area contributed by atoms with Crippen LogP contribution >= 0.6 is 0 Å². The second-order valence-corrected chi connectivity index (χ2v) is 3.09. The number of pyridine rings is 1. The minimum Gasteiger partial charge on any atom is -0.311 e. The second kappa shape index (κ2) is 5.50. The zero-order valence-corrected chi connectivity index (χ0v) is 8.71. The van der Waals surface area contributed by atoms with E-state index in [-0.39, 0.29) is 5.78 Å². The third-order valence-electron chi connectivity index (χ3n) is 2.02. The summed E-state index contributed by atoms with van der Waals surface area (Å²) in [7, 11) is 0. The van der Waals surface area contributed by atoms with Gasteiger partial charge in [-0.2, -0.15) is 0 Å².